The highest BCUT2D eigenvalue weighted by atomic mass is 16.5. The lowest BCUT2D eigenvalue weighted by atomic mass is 9.98. The minimum Gasteiger partial charge on any atom is -0.491 e. The Kier molecular flexibility index (Phi) is 2.83. The van der Waals surface area contributed by atoms with Gasteiger partial charge in [-0.15, -0.1) is 0 Å². The maximum absolute atomic E-state index is 11.3. The average Bonchev–Trinajstić information content (AvgIpc) is 2.18. The third-order valence-corrected chi connectivity index (χ3v) is 2.47. The van der Waals surface area contributed by atoms with E-state index < -0.39 is 0 Å². The lowest BCUT2D eigenvalue weighted by molar-refractivity contribution is -0.116. The van der Waals surface area contributed by atoms with E-state index in [-0.39, 0.29) is 18.1 Å². The molecule has 0 fully saturated rings. The molecule has 0 saturated carbocycles. The van der Waals surface area contributed by atoms with Crippen LogP contribution in [0.25, 0.3) is 0 Å². The minimum atomic E-state index is -0.237. The lowest BCUT2D eigenvalue weighted by Gasteiger charge is -2.23. The number of carbonyl (C=O) groups excluding carboxylic acids is 1. The van der Waals surface area contributed by atoms with E-state index in [4.69, 9.17) is 10.5 Å². The number of fused-ring (bicyclic) bond motifs is 1. The molecule has 0 spiro atoms. The van der Waals surface area contributed by atoms with Gasteiger partial charge < -0.3 is 15.8 Å². The standard InChI is InChI=1S/C12H16N2O2/c1-7(2)16-8-3-4-11-9(5-8)10(13)6-12(15)14-11/h3-5,7,10H,6,13H2,1-2H3,(H,14,15). The summed E-state index contributed by atoms with van der Waals surface area (Å²) in [5, 5.41) is 2.80. The molecule has 1 amide bonds. The maximum Gasteiger partial charge on any atom is 0.226 e. The number of rotatable bonds is 2. The van der Waals surface area contributed by atoms with Gasteiger partial charge in [-0.25, -0.2) is 0 Å². The van der Waals surface area contributed by atoms with Crippen LogP contribution in [0.1, 0.15) is 31.9 Å². The number of anilines is 1. The van der Waals surface area contributed by atoms with Crippen LogP contribution in [0.4, 0.5) is 5.69 Å². The average molecular weight is 220 g/mol. The summed E-state index contributed by atoms with van der Waals surface area (Å²) in [5.41, 5.74) is 7.65. The molecule has 1 aliphatic heterocycles. The van der Waals surface area contributed by atoms with Crippen LogP contribution < -0.4 is 15.8 Å². The Balaban J connectivity index is 2.31. The molecule has 1 atom stereocenters. The Hall–Kier alpha value is -1.55. The van der Waals surface area contributed by atoms with E-state index in [9.17, 15) is 4.79 Å². The van der Waals surface area contributed by atoms with Gasteiger partial charge in [-0.05, 0) is 37.6 Å². The number of nitrogens with two attached hydrogens (primary N) is 1. The van der Waals surface area contributed by atoms with Crippen molar-refractivity contribution >= 4 is 11.6 Å². The van der Waals surface area contributed by atoms with E-state index in [0.717, 1.165) is 17.0 Å². The zero-order valence-electron chi connectivity index (χ0n) is 9.49. The number of hydrogen-bond donors (Lipinski definition) is 2. The van der Waals surface area contributed by atoms with Crippen LogP contribution in [0.3, 0.4) is 0 Å². The molecule has 1 aliphatic rings. The van der Waals surface area contributed by atoms with Crippen molar-refractivity contribution in [2.24, 2.45) is 5.73 Å². The van der Waals surface area contributed by atoms with E-state index in [1.807, 2.05) is 32.0 Å². The second kappa shape index (κ2) is 4.14. The Morgan fingerprint density at radius 3 is 2.94 bits per heavy atom. The van der Waals surface area contributed by atoms with Crippen LogP contribution >= 0.6 is 0 Å². The van der Waals surface area contributed by atoms with E-state index in [2.05, 4.69) is 5.32 Å². The molecule has 0 bridgehead atoms. The maximum atomic E-state index is 11.3. The highest BCUT2D eigenvalue weighted by Crippen LogP contribution is 2.32. The van der Waals surface area contributed by atoms with Crippen LogP contribution in [-0.2, 0) is 4.79 Å². The van der Waals surface area contributed by atoms with Gasteiger partial charge in [0, 0.05) is 18.2 Å². The predicted octanol–water partition coefficient (Wildman–Crippen LogP) is 1.82. The first-order valence-electron chi connectivity index (χ1n) is 5.42. The van der Waals surface area contributed by atoms with Crippen molar-refractivity contribution < 1.29 is 9.53 Å². The Morgan fingerprint density at radius 1 is 1.50 bits per heavy atom. The third-order valence-electron chi connectivity index (χ3n) is 2.47. The summed E-state index contributed by atoms with van der Waals surface area (Å²) in [6.45, 7) is 3.95. The number of hydrogen-bond acceptors (Lipinski definition) is 3. The van der Waals surface area contributed by atoms with Crippen molar-refractivity contribution in [2.45, 2.75) is 32.4 Å². The van der Waals surface area contributed by atoms with Gasteiger partial charge >= 0.3 is 0 Å². The number of ether oxygens (including phenoxy) is 1. The van der Waals surface area contributed by atoms with Crippen LogP contribution in [0.15, 0.2) is 18.2 Å². The highest BCUT2D eigenvalue weighted by molar-refractivity contribution is 5.94. The van der Waals surface area contributed by atoms with Crippen molar-refractivity contribution in [3.05, 3.63) is 23.8 Å². The fourth-order valence-corrected chi connectivity index (χ4v) is 1.82. The van der Waals surface area contributed by atoms with Gasteiger partial charge in [0.2, 0.25) is 5.91 Å². The lowest BCUT2D eigenvalue weighted by Crippen LogP contribution is -2.27. The first-order chi connectivity index (χ1) is 7.56. The minimum absolute atomic E-state index is 0.0301. The molecule has 0 saturated heterocycles. The highest BCUT2D eigenvalue weighted by Gasteiger charge is 2.22. The number of nitrogens with one attached hydrogen (secondary N) is 1. The fourth-order valence-electron chi connectivity index (χ4n) is 1.82. The van der Waals surface area contributed by atoms with Gasteiger partial charge in [0.05, 0.1) is 6.10 Å². The van der Waals surface area contributed by atoms with Crippen LogP contribution in [0.2, 0.25) is 0 Å². The van der Waals surface area contributed by atoms with Gasteiger partial charge in [-0.3, -0.25) is 4.79 Å². The molecule has 1 aromatic carbocycles. The summed E-state index contributed by atoms with van der Waals surface area (Å²) in [4.78, 5) is 11.3. The molecule has 86 valence electrons. The monoisotopic (exact) mass is 220 g/mol. The second-order valence-corrected chi connectivity index (χ2v) is 4.27. The molecule has 0 radical (unpaired) electrons. The van der Waals surface area contributed by atoms with Gasteiger partial charge in [-0.1, -0.05) is 0 Å². The van der Waals surface area contributed by atoms with Gasteiger partial charge in [0.15, 0.2) is 0 Å². The molecular weight excluding hydrogens is 204 g/mol. The molecule has 1 heterocycles. The van der Waals surface area contributed by atoms with E-state index in [1.165, 1.54) is 0 Å². The zero-order valence-corrected chi connectivity index (χ0v) is 9.49. The molecule has 1 aromatic rings. The summed E-state index contributed by atoms with van der Waals surface area (Å²) in [7, 11) is 0. The Morgan fingerprint density at radius 2 is 2.25 bits per heavy atom. The van der Waals surface area contributed by atoms with E-state index in [1.54, 1.807) is 0 Å². The van der Waals surface area contributed by atoms with E-state index in [0.29, 0.717) is 6.42 Å². The van der Waals surface area contributed by atoms with Crippen LogP contribution in [0, 0.1) is 0 Å². The molecule has 4 heteroatoms. The first-order valence-corrected chi connectivity index (χ1v) is 5.42. The molecule has 1 unspecified atom stereocenters. The molecule has 4 nitrogen and oxygen atoms in total. The van der Waals surface area contributed by atoms with Crippen molar-refractivity contribution in [1.29, 1.82) is 0 Å². The summed E-state index contributed by atoms with van der Waals surface area (Å²) in [6.07, 6.45) is 0.463. The Labute approximate surface area is 94.8 Å². The SMILES string of the molecule is CC(C)Oc1ccc2c(c1)C(N)CC(=O)N2. The number of amides is 1. The van der Waals surface area contributed by atoms with Crippen molar-refractivity contribution in [2.75, 3.05) is 5.32 Å². The topological polar surface area (TPSA) is 64.3 Å². The first kappa shape index (κ1) is 11.0. The number of carbonyl (C=O) groups is 1. The van der Waals surface area contributed by atoms with Crippen molar-refractivity contribution in [1.82, 2.24) is 0 Å². The molecule has 16 heavy (non-hydrogen) atoms. The summed E-state index contributed by atoms with van der Waals surface area (Å²) in [5.74, 6) is 0.762. The van der Waals surface area contributed by atoms with Gasteiger partial charge in [0.25, 0.3) is 0 Å². The predicted molar refractivity (Wildman–Crippen MR) is 62.4 cm³/mol. The summed E-state index contributed by atoms with van der Waals surface area (Å²) >= 11 is 0. The van der Waals surface area contributed by atoms with Crippen LogP contribution in [0.5, 0.6) is 5.75 Å². The van der Waals surface area contributed by atoms with Gasteiger partial charge in [0.1, 0.15) is 5.75 Å². The smallest absolute Gasteiger partial charge is 0.226 e. The van der Waals surface area contributed by atoms with Gasteiger partial charge in [-0.2, -0.15) is 0 Å². The molecule has 2 rings (SSSR count). The zero-order chi connectivity index (χ0) is 11.7. The fraction of sp³-hybridized carbons (Fsp3) is 0.417. The molecule has 0 aliphatic carbocycles. The van der Waals surface area contributed by atoms with E-state index >= 15 is 0 Å². The summed E-state index contributed by atoms with van der Waals surface area (Å²) in [6, 6.07) is 5.35. The number of benzene rings is 1. The quantitative estimate of drug-likeness (QED) is 0.799. The normalized spacial score (nSPS) is 19.2. The Bertz CT molecular complexity index is 415. The molecular formula is C12H16N2O2. The molecule has 3 N–H and O–H groups in total. The third kappa shape index (κ3) is 2.17. The molecule has 0 aromatic heterocycles. The van der Waals surface area contributed by atoms with Crippen molar-refractivity contribution in [3.8, 4) is 5.75 Å². The van der Waals surface area contributed by atoms with Crippen LogP contribution in [-0.4, -0.2) is 12.0 Å². The largest absolute Gasteiger partial charge is 0.491 e. The van der Waals surface area contributed by atoms with Crippen molar-refractivity contribution in [3.63, 3.8) is 0 Å². The second-order valence-electron chi connectivity index (χ2n) is 4.27. The summed E-state index contributed by atoms with van der Waals surface area (Å²) < 4.78 is 5.59.